The summed E-state index contributed by atoms with van der Waals surface area (Å²) in [5.41, 5.74) is -3.43. The second-order valence-corrected chi connectivity index (χ2v) is 8.07. The zero-order valence-corrected chi connectivity index (χ0v) is 15.7. The van der Waals surface area contributed by atoms with Crippen LogP contribution in [0.15, 0.2) is 23.8 Å². The fourth-order valence-electron chi connectivity index (χ4n) is 3.67. The maximum absolute atomic E-state index is 12.8. The molecule has 26 heavy (non-hydrogen) atoms. The normalized spacial score (nSPS) is 40.0. The van der Waals surface area contributed by atoms with Gasteiger partial charge in [-0.25, -0.2) is 9.59 Å². The molecule has 7 nitrogen and oxygen atoms in total. The van der Waals surface area contributed by atoms with Crippen LogP contribution in [-0.4, -0.2) is 75.5 Å². The Kier molecular flexibility index (Phi) is 4.94. The highest BCUT2D eigenvalue weighted by Crippen LogP contribution is 2.36. The standard InChI is InChI=1S/C18H24ClNO6/c1-10-8-18(24,11(2)19)16(22)26-13-5-7-20-6-4-12(14(13)20)9-25-15(21)17(10,3)23/h4,11,13-14,23-24H,1,5-9H2,2-3H3. The summed E-state index contributed by atoms with van der Waals surface area (Å²) in [6.45, 7) is 7.76. The highest BCUT2D eigenvalue weighted by atomic mass is 35.5. The first-order chi connectivity index (χ1) is 12.1. The molecule has 8 heteroatoms. The number of halogens is 1. The largest absolute Gasteiger partial charge is 0.459 e. The Morgan fingerprint density at radius 1 is 1.38 bits per heavy atom. The van der Waals surface area contributed by atoms with Gasteiger partial charge >= 0.3 is 11.9 Å². The van der Waals surface area contributed by atoms with Gasteiger partial charge in [0, 0.05) is 19.5 Å². The molecule has 3 aliphatic rings. The number of carbonyl (C=O) groups excluding carboxylic acids is 2. The Morgan fingerprint density at radius 3 is 2.73 bits per heavy atom. The Bertz CT molecular complexity index is 673. The first-order valence-corrected chi connectivity index (χ1v) is 9.09. The predicted octanol–water partition coefficient (Wildman–Crippen LogP) is 0.525. The van der Waals surface area contributed by atoms with Crippen molar-refractivity contribution in [2.45, 2.75) is 55.4 Å². The van der Waals surface area contributed by atoms with Gasteiger partial charge < -0.3 is 19.7 Å². The van der Waals surface area contributed by atoms with Gasteiger partial charge in [0.2, 0.25) is 0 Å². The molecule has 2 N–H and O–H groups in total. The van der Waals surface area contributed by atoms with Crippen molar-refractivity contribution in [1.82, 2.24) is 4.90 Å². The lowest BCUT2D eigenvalue weighted by Gasteiger charge is -2.35. The smallest absolute Gasteiger partial charge is 0.342 e. The van der Waals surface area contributed by atoms with Gasteiger partial charge in [0.1, 0.15) is 12.7 Å². The van der Waals surface area contributed by atoms with Crippen LogP contribution >= 0.6 is 11.6 Å². The van der Waals surface area contributed by atoms with Crippen molar-refractivity contribution >= 4 is 23.5 Å². The van der Waals surface area contributed by atoms with E-state index in [4.69, 9.17) is 21.1 Å². The van der Waals surface area contributed by atoms with Crippen LogP contribution < -0.4 is 0 Å². The summed E-state index contributed by atoms with van der Waals surface area (Å²) in [6.07, 6.45) is 1.68. The van der Waals surface area contributed by atoms with E-state index in [9.17, 15) is 19.8 Å². The average molecular weight is 386 g/mol. The Balaban J connectivity index is 1.98. The summed E-state index contributed by atoms with van der Waals surface area (Å²) in [4.78, 5) is 27.3. The monoisotopic (exact) mass is 385 g/mol. The fourth-order valence-corrected chi connectivity index (χ4v) is 3.84. The third-order valence-corrected chi connectivity index (χ3v) is 5.98. The van der Waals surface area contributed by atoms with Crippen LogP contribution in [0.3, 0.4) is 0 Å². The van der Waals surface area contributed by atoms with Crippen LogP contribution in [-0.2, 0) is 19.1 Å². The highest BCUT2D eigenvalue weighted by molar-refractivity contribution is 6.23. The van der Waals surface area contributed by atoms with Gasteiger partial charge in [-0.15, -0.1) is 11.6 Å². The van der Waals surface area contributed by atoms with Crippen molar-refractivity contribution < 1.29 is 29.3 Å². The molecule has 0 aromatic rings. The van der Waals surface area contributed by atoms with E-state index in [1.165, 1.54) is 13.8 Å². The Morgan fingerprint density at radius 2 is 2.08 bits per heavy atom. The lowest BCUT2D eigenvalue weighted by molar-refractivity contribution is -0.174. The van der Waals surface area contributed by atoms with Crippen molar-refractivity contribution in [2.24, 2.45) is 0 Å². The van der Waals surface area contributed by atoms with Crippen LogP contribution in [0.2, 0.25) is 0 Å². The van der Waals surface area contributed by atoms with Gasteiger partial charge in [-0.1, -0.05) is 12.7 Å². The van der Waals surface area contributed by atoms with Crippen molar-refractivity contribution in [1.29, 1.82) is 0 Å². The minimum absolute atomic E-state index is 0.00760. The molecule has 0 bridgehead atoms. The third-order valence-electron chi connectivity index (χ3n) is 5.62. The Hall–Kier alpha value is -1.41. The summed E-state index contributed by atoms with van der Waals surface area (Å²) in [6, 6.07) is -0.200. The number of hydrogen-bond donors (Lipinski definition) is 2. The molecule has 144 valence electrons. The van der Waals surface area contributed by atoms with E-state index in [1.807, 2.05) is 6.08 Å². The van der Waals surface area contributed by atoms with E-state index < -0.39 is 41.0 Å². The minimum atomic E-state index is -2.11. The van der Waals surface area contributed by atoms with Crippen LogP contribution in [0.5, 0.6) is 0 Å². The fraction of sp³-hybridized carbons (Fsp3) is 0.667. The van der Waals surface area contributed by atoms with Crippen molar-refractivity contribution in [3.63, 3.8) is 0 Å². The van der Waals surface area contributed by atoms with Crippen molar-refractivity contribution in [3.05, 3.63) is 23.8 Å². The summed E-state index contributed by atoms with van der Waals surface area (Å²) < 4.78 is 10.9. The molecule has 0 amide bonds. The molecule has 0 aliphatic carbocycles. The number of esters is 2. The quantitative estimate of drug-likeness (QED) is 0.386. The molecule has 3 rings (SSSR count). The lowest BCUT2D eigenvalue weighted by atomic mass is 9.84. The summed E-state index contributed by atoms with van der Waals surface area (Å²) in [5.74, 6) is -1.75. The topological polar surface area (TPSA) is 96.3 Å². The zero-order valence-electron chi connectivity index (χ0n) is 14.9. The molecule has 0 saturated carbocycles. The molecule has 0 aromatic carbocycles. The number of alkyl halides is 1. The second kappa shape index (κ2) is 6.64. The first kappa shape index (κ1) is 19.4. The zero-order chi connectivity index (χ0) is 19.3. The van der Waals surface area contributed by atoms with Gasteiger partial charge in [0.05, 0.1) is 11.4 Å². The molecule has 2 fully saturated rings. The van der Waals surface area contributed by atoms with E-state index in [2.05, 4.69) is 11.5 Å². The molecule has 5 unspecified atom stereocenters. The molecule has 0 spiro atoms. The molecule has 3 heterocycles. The minimum Gasteiger partial charge on any atom is -0.459 e. The first-order valence-electron chi connectivity index (χ1n) is 8.65. The summed E-state index contributed by atoms with van der Waals surface area (Å²) in [5, 5.41) is 20.4. The van der Waals surface area contributed by atoms with Gasteiger partial charge in [-0.2, -0.15) is 0 Å². The van der Waals surface area contributed by atoms with Crippen LogP contribution in [0.4, 0.5) is 0 Å². The number of ether oxygens (including phenoxy) is 2. The summed E-state index contributed by atoms with van der Waals surface area (Å²) in [7, 11) is 0. The van der Waals surface area contributed by atoms with E-state index in [-0.39, 0.29) is 18.2 Å². The lowest BCUT2D eigenvalue weighted by Crippen LogP contribution is -2.52. The molecular formula is C18H24ClNO6. The predicted molar refractivity (Wildman–Crippen MR) is 93.5 cm³/mol. The van der Waals surface area contributed by atoms with Gasteiger partial charge in [0.25, 0.3) is 0 Å². The van der Waals surface area contributed by atoms with Crippen LogP contribution in [0.1, 0.15) is 26.7 Å². The van der Waals surface area contributed by atoms with E-state index in [1.54, 1.807) is 0 Å². The van der Waals surface area contributed by atoms with E-state index in [0.29, 0.717) is 13.0 Å². The second-order valence-electron chi connectivity index (χ2n) is 7.42. The van der Waals surface area contributed by atoms with E-state index >= 15 is 0 Å². The van der Waals surface area contributed by atoms with Crippen LogP contribution in [0.25, 0.3) is 0 Å². The molecular weight excluding hydrogens is 362 g/mol. The SMILES string of the molecule is C=C1CC(O)(C(C)Cl)C(=O)OC2CCN3CC=C(COC(=O)C1(C)O)C23. The summed E-state index contributed by atoms with van der Waals surface area (Å²) >= 11 is 6.08. The molecule has 5 atom stereocenters. The molecule has 0 aromatic heterocycles. The number of hydrogen-bond acceptors (Lipinski definition) is 7. The highest BCUT2D eigenvalue weighted by Gasteiger charge is 2.51. The maximum atomic E-state index is 12.8. The maximum Gasteiger partial charge on any atom is 0.342 e. The number of carbonyl (C=O) groups is 2. The molecule has 2 saturated heterocycles. The van der Waals surface area contributed by atoms with Gasteiger partial charge in [-0.05, 0) is 31.4 Å². The van der Waals surface area contributed by atoms with E-state index in [0.717, 1.165) is 12.1 Å². The number of cyclic esters (lactones) is 1. The third kappa shape index (κ3) is 3.07. The number of rotatable bonds is 1. The van der Waals surface area contributed by atoms with Crippen molar-refractivity contribution in [3.8, 4) is 0 Å². The number of aliphatic hydroxyl groups is 2. The van der Waals surface area contributed by atoms with Gasteiger partial charge in [0.15, 0.2) is 11.2 Å². The number of nitrogens with zero attached hydrogens (tertiary/aromatic N) is 1. The van der Waals surface area contributed by atoms with Gasteiger partial charge in [-0.3, -0.25) is 4.90 Å². The van der Waals surface area contributed by atoms with Crippen molar-refractivity contribution in [2.75, 3.05) is 19.7 Å². The average Bonchev–Trinajstić information content (AvgIpc) is 3.14. The van der Waals surface area contributed by atoms with Crippen LogP contribution in [0, 0.1) is 0 Å². The molecule has 0 radical (unpaired) electrons. The Labute approximate surface area is 157 Å². The molecule has 3 aliphatic heterocycles.